The van der Waals surface area contributed by atoms with Crippen LogP contribution < -0.4 is 10.1 Å². The molecule has 4 nitrogen and oxygen atoms in total. The number of carbonyl (C=O) groups excluding carboxylic acids is 1. The third-order valence-corrected chi connectivity index (χ3v) is 4.40. The summed E-state index contributed by atoms with van der Waals surface area (Å²) in [6.45, 7) is 3.08. The van der Waals surface area contributed by atoms with Gasteiger partial charge in [-0.3, -0.25) is 9.69 Å². The average Bonchev–Trinajstić information content (AvgIpc) is 3.01. The van der Waals surface area contributed by atoms with Gasteiger partial charge in [0.1, 0.15) is 5.75 Å². The van der Waals surface area contributed by atoms with Gasteiger partial charge < -0.3 is 10.1 Å². The van der Waals surface area contributed by atoms with E-state index < -0.39 is 0 Å². The highest BCUT2D eigenvalue weighted by Gasteiger charge is 2.12. The van der Waals surface area contributed by atoms with Gasteiger partial charge >= 0.3 is 0 Å². The van der Waals surface area contributed by atoms with Gasteiger partial charge in [-0.05, 0) is 43.1 Å². The fraction of sp³-hybridized carbons (Fsp3) is 0.353. The number of amides is 1. The molecule has 1 aromatic carbocycles. The first kappa shape index (κ1) is 16.5. The largest absolute Gasteiger partial charge is 0.497 e. The Morgan fingerprint density at radius 2 is 2.18 bits per heavy atom. The molecule has 5 heteroatoms. The summed E-state index contributed by atoms with van der Waals surface area (Å²) in [5, 5.41) is 5.05. The summed E-state index contributed by atoms with van der Waals surface area (Å²) in [7, 11) is 3.59. The molecule has 0 bridgehead atoms. The Hall–Kier alpha value is -1.85. The lowest BCUT2D eigenvalue weighted by Gasteiger charge is -2.18. The van der Waals surface area contributed by atoms with Gasteiger partial charge in [0.05, 0.1) is 19.7 Å². The van der Waals surface area contributed by atoms with E-state index >= 15 is 0 Å². The second-order valence-electron chi connectivity index (χ2n) is 5.33. The van der Waals surface area contributed by atoms with Crippen molar-refractivity contribution >= 4 is 17.2 Å². The third-order valence-electron chi connectivity index (χ3n) is 3.35. The lowest BCUT2D eigenvalue weighted by atomic mass is 10.2. The number of nitrogens with zero attached hydrogens (tertiary/aromatic N) is 1. The maximum Gasteiger partial charge on any atom is 0.234 e. The standard InChI is InChI=1S/C17H22N2O2S/c1-13(16-8-5-9-22-16)18-17(20)12-19(2)11-14-6-4-7-15(10-14)21-3/h4-10,13H,11-12H2,1-3H3,(H,18,20)/t13-/m0/s1. The molecule has 0 aliphatic rings. The molecular formula is C17H22N2O2S. The van der Waals surface area contributed by atoms with Crippen LogP contribution in [0, 0.1) is 0 Å². The van der Waals surface area contributed by atoms with Gasteiger partial charge in [-0.1, -0.05) is 18.2 Å². The average molecular weight is 318 g/mol. The van der Waals surface area contributed by atoms with Crippen molar-refractivity contribution in [1.82, 2.24) is 10.2 Å². The minimum absolute atomic E-state index is 0.0336. The summed E-state index contributed by atoms with van der Waals surface area (Å²) in [6, 6.07) is 12.0. The van der Waals surface area contributed by atoms with Crippen LogP contribution in [0.4, 0.5) is 0 Å². The lowest BCUT2D eigenvalue weighted by molar-refractivity contribution is -0.122. The van der Waals surface area contributed by atoms with Crippen LogP contribution in [0.2, 0.25) is 0 Å². The van der Waals surface area contributed by atoms with E-state index in [4.69, 9.17) is 4.74 Å². The van der Waals surface area contributed by atoms with Crippen molar-refractivity contribution in [2.75, 3.05) is 20.7 Å². The van der Waals surface area contributed by atoms with Crippen LogP contribution in [0.15, 0.2) is 41.8 Å². The zero-order valence-corrected chi connectivity index (χ0v) is 14.0. The molecule has 1 N–H and O–H groups in total. The number of thiophene rings is 1. The summed E-state index contributed by atoms with van der Waals surface area (Å²) < 4.78 is 5.21. The first-order chi connectivity index (χ1) is 10.6. The summed E-state index contributed by atoms with van der Waals surface area (Å²) in [5.41, 5.74) is 1.13. The van der Waals surface area contributed by atoms with Crippen LogP contribution in [0.5, 0.6) is 5.75 Å². The van der Waals surface area contributed by atoms with E-state index in [9.17, 15) is 4.79 Å². The normalized spacial score (nSPS) is 12.2. The number of benzene rings is 1. The van der Waals surface area contributed by atoms with E-state index in [1.807, 2.05) is 60.6 Å². The van der Waals surface area contributed by atoms with Gasteiger partial charge in [0, 0.05) is 11.4 Å². The molecule has 0 saturated heterocycles. The highest BCUT2D eigenvalue weighted by atomic mass is 32.1. The number of ether oxygens (including phenoxy) is 1. The quantitative estimate of drug-likeness (QED) is 0.853. The molecular weight excluding hydrogens is 296 g/mol. The molecule has 0 aliphatic heterocycles. The molecule has 1 atom stereocenters. The second kappa shape index (κ2) is 7.96. The predicted molar refractivity (Wildman–Crippen MR) is 90.2 cm³/mol. The zero-order valence-electron chi connectivity index (χ0n) is 13.2. The summed E-state index contributed by atoms with van der Waals surface area (Å²) in [4.78, 5) is 15.3. The molecule has 22 heavy (non-hydrogen) atoms. The molecule has 1 amide bonds. The van der Waals surface area contributed by atoms with Gasteiger partial charge in [-0.2, -0.15) is 0 Å². The monoisotopic (exact) mass is 318 g/mol. The first-order valence-electron chi connectivity index (χ1n) is 7.22. The Labute approximate surface area is 135 Å². The summed E-state index contributed by atoms with van der Waals surface area (Å²) >= 11 is 1.66. The van der Waals surface area contributed by atoms with Crippen LogP contribution in [0.25, 0.3) is 0 Å². The Bertz CT molecular complexity index is 598. The molecule has 2 rings (SSSR count). The Balaban J connectivity index is 1.83. The van der Waals surface area contributed by atoms with E-state index in [0.717, 1.165) is 11.3 Å². The van der Waals surface area contributed by atoms with Crippen molar-refractivity contribution in [1.29, 1.82) is 0 Å². The SMILES string of the molecule is COc1cccc(CN(C)CC(=O)N[C@@H](C)c2cccs2)c1. The number of hydrogen-bond donors (Lipinski definition) is 1. The molecule has 1 heterocycles. The van der Waals surface area contributed by atoms with Crippen molar-refractivity contribution < 1.29 is 9.53 Å². The number of nitrogens with one attached hydrogen (secondary N) is 1. The predicted octanol–water partition coefficient (Wildman–Crippen LogP) is 3.07. The molecule has 0 unspecified atom stereocenters. The van der Waals surface area contributed by atoms with Crippen molar-refractivity contribution in [3.63, 3.8) is 0 Å². The molecule has 0 fully saturated rings. The summed E-state index contributed by atoms with van der Waals surface area (Å²) in [5.74, 6) is 0.868. The summed E-state index contributed by atoms with van der Waals surface area (Å²) in [6.07, 6.45) is 0. The fourth-order valence-corrected chi connectivity index (χ4v) is 3.01. The Morgan fingerprint density at radius 3 is 2.86 bits per heavy atom. The number of rotatable bonds is 7. The smallest absolute Gasteiger partial charge is 0.234 e. The second-order valence-corrected chi connectivity index (χ2v) is 6.31. The highest BCUT2D eigenvalue weighted by Crippen LogP contribution is 2.18. The maximum atomic E-state index is 12.1. The number of likely N-dealkylation sites (N-methyl/N-ethyl adjacent to an activating group) is 1. The van der Waals surface area contributed by atoms with Crippen molar-refractivity contribution in [3.8, 4) is 5.75 Å². The topological polar surface area (TPSA) is 41.6 Å². The number of hydrogen-bond acceptors (Lipinski definition) is 4. The Morgan fingerprint density at radius 1 is 1.36 bits per heavy atom. The van der Waals surface area contributed by atoms with Crippen LogP contribution in [-0.4, -0.2) is 31.5 Å². The van der Waals surface area contributed by atoms with Crippen LogP contribution >= 0.6 is 11.3 Å². The van der Waals surface area contributed by atoms with Crippen LogP contribution in [0.3, 0.4) is 0 Å². The van der Waals surface area contributed by atoms with Crippen LogP contribution in [0.1, 0.15) is 23.4 Å². The van der Waals surface area contributed by atoms with Crippen molar-refractivity contribution in [3.05, 3.63) is 52.2 Å². The first-order valence-corrected chi connectivity index (χ1v) is 8.10. The highest BCUT2D eigenvalue weighted by molar-refractivity contribution is 7.10. The minimum atomic E-state index is 0.0336. The number of methoxy groups -OCH3 is 1. The van der Waals surface area contributed by atoms with E-state index in [0.29, 0.717) is 13.1 Å². The fourth-order valence-electron chi connectivity index (χ4n) is 2.28. The van der Waals surface area contributed by atoms with E-state index in [1.165, 1.54) is 4.88 Å². The van der Waals surface area contributed by atoms with Crippen molar-refractivity contribution in [2.45, 2.75) is 19.5 Å². The number of carbonyl (C=O) groups is 1. The molecule has 0 spiro atoms. The van der Waals surface area contributed by atoms with Crippen molar-refractivity contribution in [2.24, 2.45) is 0 Å². The van der Waals surface area contributed by atoms with Gasteiger partial charge in [0.25, 0.3) is 0 Å². The maximum absolute atomic E-state index is 12.1. The van der Waals surface area contributed by atoms with Gasteiger partial charge in [0.15, 0.2) is 0 Å². The van der Waals surface area contributed by atoms with E-state index in [1.54, 1.807) is 18.4 Å². The van der Waals surface area contributed by atoms with Gasteiger partial charge in [0.2, 0.25) is 5.91 Å². The molecule has 2 aromatic rings. The van der Waals surface area contributed by atoms with Gasteiger partial charge in [-0.15, -0.1) is 11.3 Å². The molecule has 118 valence electrons. The minimum Gasteiger partial charge on any atom is -0.497 e. The zero-order chi connectivity index (χ0) is 15.9. The third kappa shape index (κ3) is 4.86. The van der Waals surface area contributed by atoms with E-state index in [-0.39, 0.29) is 11.9 Å². The van der Waals surface area contributed by atoms with Gasteiger partial charge in [-0.25, -0.2) is 0 Å². The van der Waals surface area contributed by atoms with E-state index in [2.05, 4.69) is 5.32 Å². The van der Waals surface area contributed by atoms with Crippen LogP contribution in [-0.2, 0) is 11.3 Å². The lowest BCUT2D eigenvalue weighted by Crippen LogP contribution is -2.36. The molecule has 1 aromatic heterocycles. The molecule has 0 saturated carbocycles. The Kier molecular flexibility index (Phi) is 5.98. The molecule has 0 aliphatic carbocycles. The molecule has 0 radical (unpaired) electrons.